The molecule has 0 amide bonds. The van der Waals surface area contributed by atoms with Gasteiger partial charge in [0.2, 0.25) is 0 Å². The second-order valence-corrected chi connectivity index (χ2v) is 4.37. The summed E-state index contributed by atoms with van der Waals surface area (Å²) in [7, 11) is 1.59. The van der Waals surface area contributed by atoms with Gasteiger partial charge in [0.1, 0.15) is 11.6 Å². The lowest BCUT2D eigenvalue weighted by molar-refractivity contribution is 0.441. The standard InChI is InChI=1S/C15H16FN5O/c1-20-8-9(7-17)14-13(4-5-21-15(14)19)22-12-3-2-10(18)6-11(12)16/h2-8H,17-18H2,1H3,(H2,19,21)/b9-7+,20-8?. The zero-order valence-corrected chi connectivity index (χ0v) is 12.0. The third kappa shape index (κ3) is 3.14. The van der Waals surface area contributed by atoms with E-state index >= 15 is 0 Å². The van der Waals surface area contributed by atoms with Gasteiger partial charge in [-0.3, -0.25) is 4.99 Å². The van der Waals surface area contributed by atoms with E-state index in [0.717, 1.165) is 0 Å². The molecule has 1 aromatic heterocycles. The number of nitrogen functional groups attached to an aromatic ring is 2. The lowest BCUT2D eigenvalue weighted by Gasteiger charge is -2.13. The van der Waals surface area contributed by atoms with Crippen molar-refractivity contribution < 1.29 is 9.13 Å². The Kier molecular flexibility index (Phi) is 4.57. The summed E-state index contributed by atoms with van der Waals surface area (Å²) in [4.78, 5) is 7.89. The van der Waals surface area contributed by atoms with E-state index in [1.54, 1.807) is 13.1 Å². The van der Waals surface area contributed by atoms with Gasteiger partial charge in [-0.2, -0.15) is 0 Å². The molecule has 114 valence electrons. The maximum Gasteiger partial charge on any atom is 0.167 e. The molecule has 0 spiro atoms. The van der Waals surface area contributed by atoms with Crippen LogP contribution in [0, 0.1) is 5.82 Å². The highest BCUT2D eigenvalue weighted by molar-refractivity contribution is 6.12. The molecule has 0 aliphatic heterocycles. The van der Waals surface area contributed by atoms with Gasteiger partial charge in [0, 0.05) is 43.0 Å². The SMILES string of the molecule is CN=C/C(=C\N)c1c(Oc2ccc(N)cc2F)ccnc1N. The van der Waals surface area contributed by atoms with Crippen LogP contribution in [0.2, 0.25) is 0 Å². The number of pyridine rings is 1. The molecule has 1 heterocycles. The van der Waals surface area contributed by atoms with E-state index in [9.17, 15) is 4.39 Å². The molecule has 1 aromatic carbocycles. The van der Waals surface area contributed by atoms with Crippen LogP contribution in [0.25, 0.3) is 5.57 Å². The predicted molar refractivity (Wildman–Crippen MR) is 86.1 cm³/mol. The fourth-order valence-corrected chi connectivity index (χ4v) is 1.88. The fraction of sp³-hybridized carbons (Fsp3) is 0.0667. The number of rotatable bonds is 4. The van der Waals surface area contributed by atoms with Crippen molar-refractivity contribution in [1.29, 1.82) is 0 Å². The molecule has 0 radical (unpaired) electrons. The largest absolute Gasteiger partial charge is 0.453 e. The zero-order valence-electron chi connectivity index (χ0n) is 12.0. The highest BCUT2D eigenvalue weighted by atomic mass is 19.1. The first kappa shape index (κ1) is 15.3. The number of aliphatic imine (C=N–C) groups is 1. The minimum Gasteiger partial charge on any atom is -0.453 e. The Labute approximate surface area is 127 Å². The summed E-state index contributed by atoms with van der Waals surface area (Å²) in [6, 6.07) is 5.71. The summed E-state index contributed by atoms with van der Waals surface area (Å²) in [5.74, 6) is -0.0487. The van der Waals surface area contributed by atoms with E-state index in [1.165, 1.54) is 36.8 Å². The number of ether oxygens (including phenoxy) is 1. The molecular formula is C15H16FN5O. The normalized spacial score (nSPS) is 11.8. The fourth-order valence-electron chi connectivity index (χ4n) is 1.88. The highest BCUT2D eigenvalue weighted by Crippen LogP contribution is 2.33. The van der Waals surface area contributed by atoms with Crippen LogP contribution in [0.1, 0.15) is 5.56 Å². The Morgan fingerprint density at radius 2 is 2.05 bits per heavy atom. The Morgan fingerprint density at radius 3 is 2.68 bits per heavy atom. The molecule has 2 aromatic rings. The first-order valence-electron chi connectivity index (χ1n) is 6.38. The van der Waals surface area contributed by atoms with Crippen LogP contribution in [0.15, 0.2) is 41.7 Å². The van der Waals surface area contributed by atoms with Gasteiger partial charge >= 0.3 is 0 Å². The van der Waals surface area contributed by atoms with E-state index in [0.29, 0.717) is 22.6 Å². The average Bonchev–Trinajstić information content (AvgIpc) is 2.48. The Morgan fingerprint density at radius 1 is 1.27 bits per heavy atom. The lowest BCUT2D eigenvalue weighted by Crippen LogP contribution is -2.03. The van der Waals surface area contributed by atoms with Crippen molar-refractivity contribution in [2.45, 2.75) is 0 Å². The Hall–Kier alpha value is -3.09. The molecule has 6 N–H and O–H groups in total. The smallest absolute Gasteiger partial charge is 0.167 e. The van der Waals surface area contributed by atoms with E-state index in [1.807, 2.05) is 0 Å². The topological polar surface area (TPSA) is 113 Å². The van der Waals surface area contributed by atoms with Gasteiger partial charge in [-0.15, -0.1) is 0 Å². The molecule has 0 fully saturated rings. The molecule has 0 saturated heterocycles. The maximum atomic E-state index is 13.9. The minimum absolute atomic E-state index is 0.0193. The Bertz CT molecular complexity index is 743. The van der Waals surface area contributed by atoms with E-state index in [-0.39, 0.29) is 11.6 Å². The molecule has 0 aliphatic rings. The van der Waals surface area contributed by atoms with Crippen molar-refractivity contribution in [1.82, 2.24) is 4.98 Å². The third-order valence-electron chi connectivity index (χ3n) is 2.85. The average molecular weight is 301 g/mol. The molecular weight excluding hydrogens is 285 g/mol. The molecule has 0 saturated carbocycles. The van der Waals surface area contributed by atoms with Crippen LogP contribution < -0.4 is 21.9 Å². The zero-order chi connectivity index (χ0) is 16.1. The van der Waals surface area contributed by atoms with Crippen LogP contribution >= 0.6 is 0 Å². The first-order chi connectivity index (χ1) is 10.6. The number of nitrogens with zero attached hydrogens (tertiary/aromatic N) is 2. The molecule has 22 heavy (non-hydrogen) atoms. The van der Waals surface area contributed by atoms with Crippen molar-refractivity contribution in [3.63, 3.8) is 0 Å². The summed E-state index contributed by atoms with van der Waals surface area (Å²) in [5, 5.41) is 0. The van der Waals surface area contributed by atoms with Gasteiger partial charge in [-0.05, 0) is 18.2 Å². The van der Waals surface area contributed by atoms with E-state index < -0.39 is 5.82 Å². The van der Waals surface area contributed by atoms with Crippen molar-refractivity contribution in [2.75, 3.05) is 18.5 Å². The summed E-state index contributed by atoms with van der Waals surface area (Å²) in [5.41, 5.74) is 18.2. The molecule has 6 nitrogen and oxygen atoms in total. The molecule has 0 aliphatic carbocycles. The quantitative estimate of drug-likeness (QED) is 0.591. The first-order valence-corrected chi connectivity index (χ1v) is 6.38. The van der Waals surface area contributed by atoms with Crippen molar-refractivity contribution in [3.8, 4) is 11.5 Å². The lowest BCUT2D eigenvalue weighted by atomic mass is 10.1. The van der Waals surface area contributed by atoms with Gasteiger partial charge < -0.3 is 21.9 Å². The monoisotopic (exact) mass is 301 g/mol. The van der Waals surface area contributed by atoms with Crippen LogP contribution in [0.3, 0.4) is 0 Å². The maximum absolute atomic E-state index is 13.9. The van der Waals surface area contributed by atoms with Gasteiger partial charge in [0.05, 0.1) is 5.56 Å². The van der Waals surface area contributed by atoms with Crippen LogP contribution in [-0.4, -0.2) is 18.2 Å². The number of halogens is 1. The van der Waals surface area contributed by atoms with Crippen molar-refractivity contribution >= 4 is 23.3 Å². The van der Waals surface area contributed by atoms with Crippen LogP contribution in [0.5, 0.6) is 11.5 Å². The molecule has 0 unspecified atom stereocenters. The summed E-state index contributed by atoms with van der Waals surface area (Å²) in [6.07, 6.45) is 4.30. The second kappa shape index (κ2) is 6.57. The summed E-state index contributed by atoms with van der Waals surface area (Å²) < 4.78 is 19.5. The van der Waals surface area contributed by atoms with E-state index in [2.05, 4.69) is 9.98 Å². The number of nitrogens with two attached hydrogens (primary N) is 3. The number of hydrogen-bond donors (Lipinski definition) is 3. The van der Waals surface area contributed by atoms with Gasteiger partial charge in [0.15, 0.2) is 11.6 Å². The minimum atomic E-state index is -0.580. The Balaban J connectivity index is 2.50. The van der Waals surface area contributed by atoms with Crippen LogP contribution in [0.4, 0.5) is 15.9 Å². The summed E-state index contributed by atoms with van der Waals surface area (Å²) >= 11 is 0. The number of aromatic nitrogens is 1. The highest BCUT2D eigenvalue weighted by Gasteiger charge is 2.15. The summed E-state index contributed by atoms with van der Waals surface area (Å²) in [6.45, 7) is 0. The van der Waals surface area contributed by atoms with Crippen molar-refractivity contribution in [2.24, 2.45) is 10.7 Å². The number of hydrogen-bond acceptors (Lipinski definition) is 6. The van der Waals surface area contributed by atoms with E-state index in [4.69, 9.17) is 21.9 Å². The van der Waals surface area contributed by atoms with Crippen LogP contribution in [-0.2, 0) is 0 Å². The van der Waals surface area contributed by atoms with Gasteiger partial charge in [0.25, 0.3) is 0 Å². The number of allylic oxidation sites excluding steroid dienone is 1. The molecule has 2 rings (SSSR count). The molecule has 0 bridgehead atoms. The third-order valence-corrected chi connectivity index (χ3v) is 2.85. The predicted octanol–water partition coefficient (Wildman–Crippen LogP) is 2.18. The number of benzene rings is 1. The van der Waals surface area contributed by atoms with Crippen molar-refractivity contribution in [3.05, 3.63) is 48.0 Å². The van der Waals surface area contributed by atoms with Gasteiger partial charge in [-0.25, -0.2) is 9.37 Å². The number of anilines is 2. The molecule has 0 atom stereocenters. The second-order valence-electron chi connectivity index (χ2n) is 4.37. The van der Waals surface area contributed by atoms with Gasteiger partial charge in [-0.1, -0.05) is 0 Å². The molecule has 7 heteroatoms.